The van der Waals surface area contributed by atoms with E-state index in [0.717, 1.165) is 23.2 Å². The first kappa shape index (κ1) is 20.9. The normalized spacial score (nSPS) is 10.9. The van der Waals surface area contributed by atoms with Crippen molar-refractivity contribution in [2.75, 3.05) is 5.75 Å². The molecule has 0 radical (unpaired) electrons. The molecule has 0 fully saturated rings. The Balaban J connectivity index is 1.33. The number of amides is 1. The Bertz CT molecular complexity index is 1120. The summed E-state index contributed by atoms with van der Waals surface area (Å²) in [5.74, 6) is 2.02. The van der Waals surface area contributed by atoms with Crippen molar-refractivity contribution in [2.24, 2.45) is 0 Å². The van der Waals surface area contributed by atoms with Crippen molar-refractivity contribution in [3.8, 4) is 11.1 Å². The van der Waals surface area contributed by atoms with Crippen LogP contribution in [0.4, 0.5) is 0 Å². The van der Waals surface area contributed by atoms with Crippen LogP contribution in [0.3, 0.4) is 0 Å². The molecule has 4 aromatic rings. The van der Waals surface area contributed by atoms with Crippen LogP contribution >= 0.6 is 11.8 Å². The molecule has 158 valence electrons. The van der Waals surface area contributed by atoms with Gasteiger partial charge in [-0.3, -0.25) is 9.48 Å². The van der Waals surface area contributed by atoms with Crippen molar-refractivity contribution in [2.45, 2.75) is 25.8 Å². The molecular weight excluding hydrogens is 410 g/mol. The van der Waals surface area contributed by atoms with E-state index in [2.05, 4.69) is 50.9 Å². The van der Waals surface area contributed by atoms with Gasteiger partial charge in [0, 0.05) is 25.9 Å². The fraction of sp³-hybridized carbons (Fsp3) is 0.217. The van der Waals surface area contributed by atoms with Crippen molar-refractivity contribution >= 4 is 17.7 Å². The minimum Gasteiger partial charge on any atom is -0.351 e. The number of benzene rings is 2. The van der Waals surface area contributed by atoms with Gasteiger partial charge in [0.1, 0.15) is 0 Å². The van der Waals surface area contributed by atoms with Crippen LogP contribution in [0.15, 0.2) is 71.5 Å². The fourth-order valence-corrected chi connectivity index (χ4v) is 3.90. The van der Waals surface area contributed by atoms with E-state index in [1.165, 1.54) is 17.3 Å². The molecule has 0 aliphatic carbocycles. The summed E-state index contributed by atoms with van der Waals surface area (Å²) in [4.78, 5) is 16.4. The van der Waals surface area contributed by atoms with E-state index in [0.29, 0.717) is 29.8 Å². The SMILES string of the molecule is Cc1nc(CSCC(=O)NCc2ccccc2-c2ccc(Cn3cccn3)cc2)no1. The third-order valence-electron chi connectivity index (χ3n) is 4.70. The van der Waals surface area contributed by atoms with Crippen LogP contribution in [0.1, 0.15) is 22.8 Å². The molecule has 0 saturated heterocycles. The monoisotopic (exact) mass is 433 g/mol. The predicted octanol–water partition coefficient (Wildman–Crippen LogP) is 3.84. The zero-order chi connectivity index (χ0) is 21.5. The summed E-state index contributed by atoms with van der Waals surface area (Å²) in [6, 6.07) is 18.5. The number of aryl methyl sites for hydroxylation is 1. The van der Waals surface area contributed by atoms with Gasteiger partial charge in [-0.1, -0.05) is 53.7 Å². The van der Waals surface area contributed by atoms with E-state index in [1.54, 1.807) is 13.1 Å². The Morgan fingerprint density at radius 3 is 2.71 bits per heavy atom. The molecule has 7 nitrogen and oxygen atoms in total. The molecule has 1 N–H and O–H groups in total. The molecule has 0 aliphatic rings. The average molecular weight is 434 g/mol. The third-order valence-corrected chi connectivity index (χ3v) is 5.62. The van der Waals surface area contributed by atoms with Crippen LogP contribution in [0.25, 0.3) is 11.1 Å². The first-order valence-corrected chi connectivity index (χ1v) is 11.1. The quantitative estimate of drug-likeness (QED) is 0.432. The first-order chi connectivity index (χ1) is 15.2. The van der Waals surface area contributed by atoms with E-state index in [-0.39, 0.29) is 5.91 Å². The van der Waals surface area contributed by atoms with Gasteiger partial charge in [-0.2, -0.15) is 10.1 Å². The Morgan fingerprint density at radius 1 is 1.13 bits per heavy atom. The maximum absolute atomic E-state index is 12.3. The van der Waals surface area contributed by atoms with Crippen molar-refractivity contribution in [3.63, 3.8) is 0 Å². The first-order valence-electron chi connectivity index (χ1n) is 9.95. The lowest BCUT2D eigenvalue weighted by atomic mass is 9.98. The maximum Gasteiger partial charge on any atom is 0.230 e. The average Bonchev–Trinajstić information content (AvgIpc) is 3.45. The molecular formula is C23H23N5O2S. The number of carbonyl (C=O) groups is 1. The highest BCUT2D eigenvalue weighted by Gasteiger charge is 2.09. The highest BCUT2D eigenvalue weighted by Crippen LogP contribution is 2.24. The van der Waals surface area contributed by atoms with Crippen LogP contribution in [-0.4, -0.2) is 31.6 Å². The molecule has 0 atom stereocenters. The van der Waals surface area contributed by atoms with Crippen LogP contribution in [0.2, 0.25) is 0 Å². The summed E-state index contributed by atoms with van der Waals surface area (Å²) >= 11 is 1.46. The van der Waals surface area contributed by atoms with Gasteiger partial charge in [-0.15, -0.1) is 11.8 Å². The highest BCUT2D eigenvalue weighted by molar-refractivity contribution is 7.99. The Labute approximate surface area is 184 Å². The van der Waals surface area contributed by atoms with Gasteiger partial charge in [0.25, 0.3) is 0 Å². The molecule has 0 unspecified atom stereocenters. The number of aromatic nitrogens is 4. The predicted molar refractivity (Wildman–Crippen MR) is 120 cm³/mol. The number of rotatable bonds is 9. The smallest absolute Gasteiger partial charge is 0.230 e. The van der Waals surface area contributed by atoms with Gasteiger partial charge in [-0.25, -0.2) is 0 Å². The second-order valence-corrected chi connectivity index (χ2v) is 8.04. The summed E-state index contributed by atoms with van der Waals surface area (Å²) in [5, 5.41) is 11.1. The molecule has 2 aromatic heterocycles. The molecule has 1 amide bonds. The molecule has 0 bridgehead atoms. The summed E-state index contributed by atoms with van der Waals surface area (Å²) in [6.07, 6.45) is 3.73. The summed E-state index contributed by atoms with van der Waals surface area (Å²) in [6.45, 7) is 2.97. The molecule has 0 aliphatic heterocycles. The topological polar surface area (TPSA) is 85.8 Å². The van der Waals surface area contributed by atoms with Gasteiger partial charge in [-0.05, 0) is 28.3 Å². The van der Waals surface area contributed by atoms with Gasteiger partial charge in [0.15, 0.2) is 5.82 Å². The van der Waals surface area contributed by atoms with E-state index in [1.807, 2.05) is 35.1 Å². The van der Waals surface area contributed by atoms with E-state index >= 15 is 0 Å². The lowest BCUT2D eigenvalue weighted by molar-refractivity contribution is -0.118. The van der Waals surface area contributed by atoms with Crippen molar-refractivity contribution in [1.82, 2.24) is 25.2 Å². The minimum absolute atomic E-state index is 0.0189. The van der Waals surface area contributed by atoms with Crippen molar-refractivity contribution in [3.05, 3.63) is 89.8 Å². The van der Waals surface area contributed by atoms with Gasteiger partial charge < -0.3 is 9.84 Å². The second-order valence-electron chi connectivity index (χ2n) is 7.06. The van der Waals surface area contributed by atoms with Crippen LogP contribution in [0, 0.1) is 6.92 Å². The fourth-order valence-electron chi connectivity index (χ4n) is 3.21. The molecule has 2 aromatic carbocycles. The van der Waals surface area contributed by atoms with Crippen LogP contribution in [-0.2, 0) is 23.6 Å². The van der Waals surface area contributed by atoms with Crippen molar-refractivity contribution < 1.29 is 9.32 Å². The minimum atomic E-state index is -0.0189. The number of hydrogen-bond acceptors (Lipinski definition) is 6. The zero-order valence-electron chi connectivity index (χ0n) is 17.2. The summed E-state index contributed by atoms with van der Waals surface area (Å²) < 4.78 is 6.84. The van der Waals surface area contributed by atoms with Gasteiger partial charge >= 0.3 is 0 Å². The van der Waals surface area contributed by atoms with Crippen LogP contribution in [0.5, 0.6) is 0 Å². The number of thioether (sulfide) groups is 1. The number of hydrogen-bond donors (Lipinski definition) is 1. The Hall–Kier alpha value is -3.39. The number of nitrogens with zero attached hydrogens (tertiary/aromatic N) is 4. The van der Waals surface area contributed by atoms with Gasteiger partial charge in [0.05, 0.1) is 18.1 Å². The second kappa shape index (κ2) is 10.1. The molecule has 2 heterocycles. The Kier molecular flexibility index (Phi) is 6.78. The van der Waals surface area contributed by atoms with E-state index < -0.39 is 0 Å². The highest BCUT2D eigenvalue weighted by atomic mass is 32.2. The zero-order valence-corrected chi connectivity index (χ0v) is 18.0. The lowest BCUT2D eigenvalue weighted by Crippen LogP contribution is -2.25. The molecule has 8 heteroatoms. The lowest BCUT2D eigenvalue weighted by Gasteiger charge is -2.12. The summed E-state index contributed by atoms with van der Waals surface area (Å²) in [5.41, 5.74) is 4.50. The Morgan fingerprint density at radius 2 is 1.97 bits per heavy atom. The van der Waals surface area contributed by atoms with E-state index in [9.17, 15) is 4.79 Å². The standard InChI is InChI=1S/C23H23N5O2S/c1-17-26-22(27-30-17)15-31-16-23(29)24-13-20-5-2-3-6-21(20)19-9-7-18(8-10-19)14-28-12-4-11-25-28/h2-12H,13-16H2,1H3,(H,24,29). The van der Waals surface area contributed by atoms with E-state index in [4.69, 9.17) is 4.52 Å². The molecule has 4 rings (SSSR count). The third kappa shape index (κ3) is 5.82. The van der Waals surface area contributed by atoms with Crippen molar-refractivity contribution in [1.29, 1.82) is 0 Å². The molecule has 0 spiro atoms. The number of nitrogens with one attached hydrogen (secondary N) is 1. The summed E-state index contributed by atoms with van der Waals surface area (Å²) in [7, 11) is 0. The van der Waals surface area contributed by atoms with Crippen LogP contribution < -0.4 is 5.32 Å². The van der Waals surface area contributed by atoms with Gasteiger partial charge in [0.2, 0.25) is 11.8 Å². The largest absolute Gasteiger partial charge is 0.351 e. The number of carbonyl (C=O) groups excluding carboxylic acids is 1. The molecule has 31 heavy (non-hydrogen) atoms. The molecule has 0 saturated carbocycles. The maximum atomic E-state index is 12.3.